The molecule has 1 aromatic rings. The lowest BCUT2D eigenvalue weighted by Gasteiger charge is -2.33. The molecule has 6 nitrogen and oxygen atoms in total. The highest BCUT2D eigenvalue weighted by Gasteiger charge is 2.23. The van der Waals surface area contributed by atoms with Gasteiger partial charge in [0.05, 0.1) is 10.8 Å². The molecule has 7 heteroatoms. The van der Waals surface area contributed by atoms with E-state index in [4.69, 9.17) is 5.73 Å². The van der Waals surface area contributed by atoms with Crippen LogP contribution in [0.1, 0.15) is 30.1 Å². The van der Waals surface area contributed by atoms with E-state index in [0.29, 0.717) is 23.8 Å². The fraction of sp³-hybridized carbons (Fsp3) is 0.562. The first-order valence-electron chi connectivity index (χ1n) is 7.83. The third-order valence-corrected chi connectivity index (χ3v) is 5.18. The smallest absolute Gasteiger partial charge is 0.252 e. The first-order chi connectivity index (χ1) is 11.0. The van der Waals surface area contributed by atoms with Crippen molar-refractivity contribution in [3.05, 3.63) is 23.9 Å². The number of aromatic nitrogens is 1. The zero-order valence-corrected chi connectivity index (χ0v) is 14.4. The Morgan fingerprint density at radius 2 is 2.17 bits per heavy atom. The predicted molar refractivity (Wildman–Crippen MR) is 93.7 cm³/mol. The van der Waals surface area contributed by atoms with Crippen LogP contribution in [-0.2, 0) is 4.79 Å². The van der Waals surface area contributed by atoms with Gasteiger partial charge in [0.25, 0.3) is 5.91 Å². The highest BCUT2D eigenvalue weighted by atomic mass is 32.2. The molecule has 2 amide bonds. The van der Waals surface area contributed by atoms with Gasteiger partial charge in [-0.25, -0.2) is 4.98 Å². The Morgan fingerprint density at radius 1 is 1.48 bits per heavy atom. The molecule has 0 aliphatic carbocycles. The number of anilines is 1. The van der Waals surface area contributed by atoms with Gasteiger partial charge in [0.1, 0.15) is 5.82 Å². The van der Waals surface area contributed by atoms with Crippen molar-refractivity contribution in [2.45, 2.75) is 25.0 Å². The SMILES string of the molecule is CS[C@H](C)C(=O)NCC1CCN(c2ncccc2C(N)=O)CC1. The number of pyridine rings is 1. The number of piperidine rings is 1. The number of rotatable bonds is 6. The molecule has 0 saturated carbocycles. The second-order valence-electron chi connectivity index (χ2n) is 5.79. The zero-order chi connectivity index (χ0) is 16.8. The third-order valence-electron chi connectivity index (χ3n) is 4.25. The van der Waals surface area contributed by atoms with Gasteiger partial charge >= 0.3 is 0 Å². The summed E-state index contributed by atoms with van der Waals surface area (Å²) in [7, 11) is 0. The molecule has 3 N–H and O–H groups in total. The van der Waals surface area contributed by atoms with Crippen LogP contribution in [0.25, 0.3) is 0 Å². The second-order valence-corrected chi connectivity index (χ2v) is 6.97. The Bertz CT molecular complexity index is 559. The number of nitrogens with zero attached hydrogens (tertiary/aromatic N) is 2. The summed E-state index contributed by atoms with van der Waals surface area (Å²) in [5, 5.41) is 3.01. The Balaban J connectivity index is 1.87. The predicted octanol–water partition coefficient (Wildman–Crippen LogP) is 1.26. The number of hydrogen-bond donors (Lipinski definition) is 2. The van der Waals surface area contributed by atoms with Crippen LogP contribution in [-0.4, -0.2) is 47.9 Å². The van der Waals surface area contributed by atoms with Gasteiger partial charge in [-0.05, 0) is 44.1 Å². The minimum absolute atomic E-state index is 0.0123. The lowest BCUT2D eigenvalue weighted by Crippen LogP contribution is -2.41. The molecular weight excluding hydrogens is 312 g/mol. The molecule has 0 radical (unpaired) electrons. The lowest BCUT2D eigenvalue weighted by molar-refractivity contribution is -0.120. The second kappa shape index (κ2) is 8.19. The number of thioether (sulfide) groups is 1. The molecule has 0 aromatic carbocycles. The standard InChI is InChI=1S/C16H24N4O2S/c1-11(23-2)16(22)19-10-12-5-8-20(9-6-12)15-13(14(17)21)4-3-7-18-15/h3-4,7,11-12H,5-6,8-10H2,1-2H3,(H2,17,21)(H,19,22)/t11-/m1/s1. The highest BCUT2D eigenvalue weighted by molar-refractivity contribution is 7.99. The molecule has 0 unspecified atom stereocenters. The van der Waals surface area contributed by atoms with Crippen molar-refractivity contribution in [1.29, 1.82) is 0 Å². The van der Waals surface area contributed by atoms with E-state index < -0.39 is 5.91 Å². The fourth-order valence-electron chi connectivity index (χ4n) is 2.69. The van der Waals surface area contributed by atoms with Gasteiger partial charge in [0.15, 0.2) is 0 Å². The van der Waals surface area contributed by atoms with Gasteiger partial charge in [0, 0.05) is 25.8 Å². The highest BCUT2D eigenvalue weighted by Crippen LogP contribution is 2.24. The van der Waals surface area contributed by atoms with Crippen molar-refractivity contribution in [1.82, 2.24) is 10.3 Å². The molecule has 1 fully saturated rings. The van der Waals surface area contributed by atoms with Crippen LogP contribution in [0.5, 0.6) is 0 Å². The molecule has 2 rings (SSSR count). The Hall–Kier alpha value is -1.76. The number of carbonyl (C=O) groups excluding carboxylic acids is 2. The van der Waals surface area contributed by atoms with Crippen LogP contribution >= 0.6 is 11.8 Å². The molecule has 0 spiro atoms. The summed E-state index contributed by atoms with van der Waals surface area (Å²) in [5.74, 6) is 0.776. The molecule has 1 aliphatic heterocycles. The van der Waals surface area contributed by atoms with Crippen LogP contribution in [0.3, 0.4) is 0 Å². The summed E-state index contributed by atoms with van der Waals surface area (Å²) in [4.78, 5) is 29.7. The van der Waals surface area contributed by atoms with Gasteiger partial charge in [-0.3, -0.25) is 9.59 Å². The van der Waals surface area contributed by atoms with Gasteiger partial charge in [-0.2, -0.15) is 11.8 Å². The summed E-state index contributed by atoms with van der Waals surface area (Å²) < 4.78 is 0. The first-order valence-corrected chi connectivity index (χ1v) is 9.12. The molecular formula is C16H24N4O2S. The molecule has 1 atom stereocenters. The van der Waals surface area contributed by atoms with Crippen LogP contribution in [0.4, 0.5) is 5.82 Å². The summed E-state index contributed by atoms with van der Waals surface area (Å²) >= 11 is 1.55. The van der Waals surface area contributed by atoms with E-state index in [1.807, 2.05) is 13.2 Å². The number of hydrogen-bond acceptors (Lipinski definition) is 5. The molecule has 1 aromatic heterocycles. The zero-order valence-electron chi connectivity index (χ0n) is 13.6. The summed E-state index contributed by atoms with van der Waals surface area (Å²) in [5.41, 5.74) is 5.88. The lowest BCUT2D eigenvalue weighted by atomic mass is 9.96. The van der Waals surface area contributed by atoms with E-state index in [9.17, 15) is 9.59 Å². The van der Waals surface area contributed by atoms with Crippen LogP contribution in [0, 0.1) is 5.92 Å². The molecule has 0 bridgehead atoms. The fourth-order valence-corrected chi connectivity index (χ4v) is 2.98. The maximum atomic E-state index is 11.8. The Morgan fingerprint density at radius 3 is 2.78 bits per heavy atom. The van der Waals surface area contributed by atoms with Crippen molar-refractivity contribution in [2.24, 2.45) is 11.7 Å². The van der Waals surface area contributed by atoms with E-state index >= 15 is 0 Å². The number of nitrogens with one attached hydrogen (secondary N) is 1. The Labute approximate surface area is 141 Å². The molecule has 2 heterocycles. The summed E-state index contributed by atoms with van der Waals surface area (Å²) in [6.07, 6.45) is 5.54. The summed E-state index contributed by atoms with van der Waals surface area (Å²) in [6, 6.07) is 3.43. The average Bonchev–Trinajstić information content (AvgIpc) is 2.59. The quantitative estimate of drug-likeness (QED) is 0.816. The number of carbonyl (C=O) groups is 2. The van der Waals surface area contributed by atoms with Crippen molar-refractivity contribution >= 4 is 29.4 Å². The van der Waals surface area contributed by atoms with Gasteiger partial charge in [0.2, 0.25) is 5.91 Å². The topological polar surface area (TPSA) is 88.3 Å². The largest absolute Gasteiger partial charge is 0.365 e. The van der Waals surface area contributed by atoms with E-state index in [2.05, 4.69) is 15.2 Å². The van der Waals surface area contributed by atoms with Crippen molar-refractivity contribution in [2.75, 3.05) is 30.8 Å². The maximum Gasteiger partial charge on any atom is 0.252 e. The molecule has 126 valence electrons. The average molecular weight is 336 g/mol. The van der Waals surface area contributed by atoms with Crippen LogP contribution in [0.2, 0.25) is 0 Å². The maximum absolute atomic E-state index is 11.8. The van der Waals surface area contributed by atoms with E-state index in [1.165, 1.54) is 0 Å². The minimum atomic E-state index is -0.450. The Kier molecular flexibility index (Phi) is 6.27. The molecule has 1 aliphatic rings. The number of primary amides is 1. The van der Waals surface area contributed by atoms with Crippen molar-refractivity contribution < 1.29 is 9.59 Å². The molecule has 1 saturated heterocycles. The first kappa shape index (κ1) is 17.6. The van der Waals surface area contributed by atoms with E-state index in [0.717, 1.165) is 25.9 Å². The summed E-state index contributed by atoms with van der Waals surface area (Å²) in [6.45, 7) is 4.25. The third kappa shape index (κ3) is 4.60. The van der Waals surface area contributed by atoms with E-state index in [1.54, 1.807) is 30.1 Å². The monoisotopic (exact) mass is 336 g/mol. The van der Waals surface area contributed by atoms with Crippen molar-refractivity contribution in [3.63, 3.8) is 0 Å². The van der Waals surface area contributed by atoms with Gasteiger partial charge in [-0.15, -0.1) is 0 Å². The molecule has 23 heavy (non-hydrogen) atoms. The number of amides is 2. The van der Waals surface area contributed by atoms with Crippen molar-refractivity contribution in [3.8, 4) is 0 Å². The van der Waals surface area contributed by atoms with Gasteiger partial charge in [-0.1, -0.05) is 0 Å². The normalized spacial score (nSPS) is 16.9. The number of nitrogens with two attached hydrogens (primary N) is 1. The van der Waals surface area contributed by atoms with Gasteiger partial charge < -0.3 is 16.0 Å². The minimum Gasteiger partial charge on any atom is -0.365 e. The van der Waals surface area contributed by atoms with Crippen LogP contribution < -0.4 is 16.0 Å². The van der Waals surface area contributed by atoms with Crippen LogP contribution in [0.15, 0.2) is 18.3 Å². The van der Waals surface area contributed by atoms with E-state index in [-0.39, 0.29) is 11.2 Å².